The number of nitrogens with one attached hydrogen (secondary N) is 1. The summed E-state index contributed by atoms with van der Waals surface area (Å²) >= 11 is 5.89. The van der Waals surface area contributed by atoms with Gasteiger partial charge in [0.25, 0.3) is 11.8 Å². The van der Waals surface area contributed by atoms with E-state index in [2.05, 4.69) is 5.32 Å². The third-order valence-electron chi connectivity index (χ3n) is 6.29. The SMILES string of the molecule is Cc1ccc(CNC(=O)c2ccc(C)nc2C2CCN(C(=O)COc3ccc(Cl)cc3)CC2)cc1. The Morgan fingerprint density at radius 3 is 2.37 bits per heavy atom. The molecule has 1 aliphatic heterocycles. The highest BCUT2D eigenvalue weighted by Crippen LogP contribution is 2.29. The van der Waals surface area contributed by atoms with Crippen molar-refractivity contribution in [2.75, 3.05) is 19.7 Å². The molecule has 1 aliphatic rings. The van der Waals surface area contributed by atoms with Gasteiger partial charge in [0.2, 0.25) is 0 Å². The summed E-state index contributed by atoms with van der Waals surface area (Å²) in [5.74, 6) is 0.564. The summed E-state index contributed by atoms with van der Waals surface area (Å²) in [5, 5.41) is 3.65. The fourth-order valence-electron chi connectivity index (χ4n) is 4.23. The van der Waals surface area contributed by atoms with Crippen LogP contribution >= 0.6 is 11.6 Å². The molecule has 1 fully saturated rings. The number of aryl methyl sites for hydroxylation is 2. The van der Waals surface area contributed by atoms with Gasteiger partial charge in [-0.05, 0) is 68.7 Å². The second kappa shape index (κ2) is 11.4. The van der Waals surface area contributed by atoms with Crippen LogP contribution in [0.4, 0.5) is 0 Å². The Kier molecular flexibility index (Phi) is 8.03. The van der Waals surface area contributed by atoms with E-state index >= 15 is 0 Å². The highest BCUT2D eigenvalue weighted by Gasteiger charge is 2.28. The topological polar surface area (TPSA) is 71.5 Å². The first-order valence-corrected chi connectivity index (χ1v) is 12.2. The molecule has 35 heavy (non-hydrogen) atoms. The monoisotopic (exact) mass is 491 g/mol. The molecule has 4 rings (SSSR count). The zero-order valence-electron chi connectivity index (χ0n) is 20.1. The molecule has 3 aromatic rings. The van der Waals surface area contributed by atoms with Crippen molar-refractivity contribution in [3.63, 3.8) is 0 Å². The summed E-state index contributed by atoms with van der Waals surface area (Å²) in [6.45, 7) is 5.64. The second-order valence-corrected chi connectivity index (χ2v) is 9.39. The van der Waals surface area contributed by atoms with Crippen molar-refractivity contribution in [3.05, 3.63) is 93.8 Å². The number of pyridine rings is 1. The number of halogens is 1. The molecule has 6 nitrogen and oxygen atoms in total. The Bertz CT molecular complexity index is 1170. The lowest BCUT2D eigenvalue weighted by Gasteiger charge is -2.32. The number of nitrogens with zero attached hydrogens (tertiary/aromatic N) is 2. The quantitative estimate of drug-likeness (QED) is 0.501. The lowest BCUT2D eigenvalue weighted by Crippen LogP contribution is -2.41. The van der Waals surface area contributed by atoms with Crippen LogP contribution in [-0.2, 0) is 11.3 Å². The van der Waals surface area contributed by atoms with Gasteiger partial charge >= 0.3 is 0 Å². The lowest BCUT2D eigenvalue weighted by molar-refractivity contribution is -0.134. The van der Waals surface area contributed by atoms with E-state index in [0.29, 0.717) is 36.0 Å². The van der Waals surface area contributed by atoms with Gasteiger partial charge in [-0.2, -0.15) is 0 Å². The van der Waals surface area contributed by atoms with E-state index in [1.165, 1.54) is 5.56 Å². The van der Waals surface area contributed by atoms with Gasteiger partial charge in [-0.3, -0.25) is 14.6 Å². The number of carbonyl (C=O) groups is 2. The van der Waals surface area contributed by atoms with E-state index in [4.69, 9.17) is 21.3 Å². The van der Waals surface area contributed by atoms with Crippen LogP contribution in [0.3, 0.4) is 0 Å². The minimum absolute atomic E-state index is 0.0122. The average Bonchev–Trinajstić information content (AvgIpc) is 2.87. The molecule has 0 atom stereocenters. The number of hydrogen-bond donors (Lipinski definition) is 1. The highest BCUT2D eigenvalue weighted by atomic mass is 35.5. The van der Waals surface area contributed by atoms with Gasteiger partial charge in [-0.1, -0.05) is 41.4 Å². The number of hydrogen-bond acceptors (Lipinski definition) is 4. The van der Waals surface area contributed by atoms with Gasteiger partial charge in [0.05, 0.1) is 11.3 Å². The maximum atomic E-state index is 13.0. The van der Waals surface area contributed by atoms with Crippen LogP contribution < -0.4 is 10.1 Å². The first-order valence-electron chi connectivity index (χ1n) is 11.9. The first-order chi connectivity index (χ1) is 16.9. The molecule has 0 spiro atoms. The molecule has 7 heteroatoms. The van der Waals surface area contributed by atoms with Crippen LogP contribution in [0.1, 0.15) is 51.6 Å². The fourth-order valence-corrected chi connectivity index (χ4v) is 4.36. The molecule has 0 radical (unpaired) electrons. The number of benzene rings is 2. The van der Waals surface area contributed by atoms with Gasteiger partial charge in [-0.15, -0.1) is 0 Å². The Hall–Kier alpha value is -3.38. The predicted molar refractivity (Wildman–Crippen MR) is 137 cm³/mol. The third kappa shape index (κ3) is 6.61. The Morgan fingerprint density at radius 2 is 1.69 bits per heavy atom. The van der Waals surface area contributed by atoms with Crippen LogP contribution in [0.5, 0.6) is 5.75 Å². The summed E-state index contributed by atoms with van der Waals surface area (Å²) in [6.07, 6.45) is 1.50. The van der Waals surface area contributed by atoms with Crippen molar-refractivity contribution < 1.29 is 14.3 Å². The van der Waals surface area contributed by atoms with Crippen molar-refractivity contribution in [3.8, 4) is 5.75 Å². The molecule has 1 N–H and O–H groups in total. The maximum Gasteiger partial charge on any atom is 0.260 e. The molecule has 0 unspecified atom stereocenters. The van der Waals surface area contributed by atoms with Crippen LogP contribution in [0.25, 0.3) is 0 Å². The van der Waals surface area contributed by atoms with Gasteiger partial charge in [0.1, 0.15) is 5.75 Å². The van der Waals surface area contributed by atoms with E-state index in [0.717, 1.165) is 29.8 Å². The summed E-state index contributed by atoms with van der Waals surface area (Å²) < 4.78 is 5.61. The van der Waals surface area contributed by atoms with Gasteiger partial charge in [-0.25, -0.2) is 0 Å². The molecule has 0 aliphatic carbocycles. The predicted octanol–water partition coefficient (Wildman–Crippen LogP) is 5.07. The maximum absolute atomic E-state index is 13.0. The molecule has 2 aromatic carbocycles. The Labute approximate surface area is 211 Å². The van der Waals surface area contributed by atoms with Crippen LogP contribution in [-0.4, -0.2) is 41.4 Å². The Balaban J connectivity index is 1.35. The van der Waals surface area contributed by atoms with Crippen LogP contribution in [0, 0.1) is 13.8 Å². The average molecular weight is 492 g/mol. The zero-order chi connectivity index (χ0) is 24.8. The summed E-state index contributed by atoms with van der Waals surface area (Å²) in [7, 11) is 0. The molecule has 182 valence electrons. The number of piperidine rings is 1. The minimum Gasteiger partial charge on any atom is -0.484 e. The third-order valence-corrected chi connectivity index (χ3v) is 6.54. The van der Waals surface area contributed by atoms with Crippen molar-refractivity contribution in [2.24, 2.45) is 0 Å². The van der Waals surface area contributed by atoms with E-state index in [-0.39, 0.29) is 24.3 Å². The van der Waals surface area contributed by atoms with Crippen LogP contribution in [0.15, 0.2) is 60.7 Å². The zero-order valence-corrected chi connectivity index (χ0v) is 20.8. The van der Waals surface area contributed by atoms with Crippen molar-refractivity contribution in [1.82, 2.24) is 15.2 Å². The molecule has 0 bridgehead atoms. The highest BCUT2D eigenvalue weighted by molar-refractivity contribution is 6.30. The van der Waals surface area contributed by atoms with E-state index in [1.807, 2.05) is 55.1 Å². The summed E-state index contributed by atoms with van der Waals surface area (Å²) in [6, 6.07) is 18.8. The Morgan fingerprint density at radius 1 is 1.00 bits per heavy atom. The molecule has 1 aromatic heterocycles. The largest absolute Gasteiger partial charge is 0.484 e. The van der Waals surface area contributed by atoms with E-state index in [9.17, 15) is 9.59 Å². The van der Waals surface area contributed by atoms with Crippen LogP contribution in [0.2, 0.25) is 5.02 Å². The minimum atomic E-state index is -0.122. The van der Waals surface area contributed by atoms with Crippen molar-refractivity contribution in [1.29, 1.82) is 0 Å². The number of rotatable bonds is 7. The number of likely N-dealkylation sites (tertiary alicyclic amines) is 1. The molecule has 2 amide bonds. The van der Waals surface area contributed by atoms with Gasteiger partial charge < -0.3 is 15.0 Å². The molecular weight excluding hydrogens is 462 g/mol. The lowest BCUT2D eigenvalue weighted by atomic mass is 9.89. The molecular formula is C28H30ClN3O3. The van der Waals surface area contributed by atoms with Crippen molar-refractivity contribution >= 4 is 23.4 Å². The van der Waals surface area contributed by atoms with E-state index in [1.54, 1.807) is 24.3 Å². The first kappa shape index (κ1) is 24.7. The molecule has 1 saturated heterocycles. The normalized spacial score (nSPS) is 14.0. The summed E-state index contributed by atoms with van der Waals surface area (Å²) in [4.78, 5) is 32.2. The molecule has 0 saturated carbocycles. The smallest absolute Gasteiger partial charge is 0.260 e. The number of amides is 2. The number of carbonyl (C=O) groups excluding carboxylic acids is 2. The number of ether oxygens (including phenoxy) is 1. The summed E-state index contributed by atoms with van der Waals surface area (Å²) in [5.41, 5.74) is 4.55. The standard InChI is InChI=1S/C28H30ClN3O3/c1-19-3-6-21(7-4-19)17-30-28(34)25-12-5-20(2)31-27(25)22-13-15-32(16-14-22)26(33)18-35-24-10-8-23(29)9-11-24/h3-12,22H,13-18H2,1-2H3,(H,30,34). The fraction of sp³-hybridized carbons (Fsp3) is 0.321. The van der Waals surface area contributed by atoms with Crippen molar-refractivity contribution in [2.45, 2.75) is 39.2 Å². The second-order valence-electron chi connectivity index (χ2n) is 8.95. The van der Waals surface area contributed by atoms with Gasteiger partial charge in [0.15, 0.2) is 6.61 Å². The van der Waals surface area contributed by atoms with E-state index < -0.39 is 0 Å². The van der Waals surface area contributed by atoms with Gasteiger partial charge in [0, 0.05) is 36.3 Å². The molecule has 2 heterocycles. The number of aromatic nitrogens is 1.